The monoisotopic (exact) mass is 237 g/mol. The van der Waals surface area contributed by atoms with Crippen molar-refractivity contribution in [3.05, 3.63) is 48.0 Å². The lowest BCUT2D eigenvalue weighted by atomic mass is 9.99. The molecule has 2 nitrogen and oxygen atoms in total. The van der Waals surface area contributed by atoms with Crippen molar-refractivity contribution in [3.8, 4) is 0 Å². The molecule has 0 unspecified atom stereocenters. The van der Waals surface area contributed by atoms with Gasteiger partial charge in [-0.1, -0.05) is 44.2 Å². The highest BCUT2D eigenvalue weighted by Crippen LogP contribution is 2.28. The standard InChI is InChI=1S/C16H15NO/c1-10(2)16(18)13-8-5-7-12-11-6-3-4-9-14(11)17-15(12)13/h3-10,17H,1-2H3. The van der Waals surface area contributed by atoms with Crippen molar-refractivity contribution < 1.29 is 4.79 Å². The Morgan fingerprint density at radius 1 is 1.00 bits per heavy atom. The Bertz CT molecular complexity index is 737. The maximum Gasteiger partial charge on any atom is 0.167 e. The number of hydrogen-bond acceptors (Lipinski definition) is 1. The maximum atomic E-state index is 12.2. The Balaban J connectivity index is 2.38. The Morgan fingerprint density at radius 2 is 1.72 bits per heavy atom. The molecule has 0 aliphatic carbocycles. The quantitative estimate of drug-likeness (QED) is 0.667. The minimum absolute atomic E-state index is 0.0158. The van der Waals surface area contributed by atoms with Crippen LogP contribution in [0, 0.1) is 5.92 Å². The summed E-state index contributed by atoms with van der Waals surface area (Å²) in [5.41, 5.74) is 2.83. The second-order valence-corrected chi connectivity index (χ2v) is 4.92. The number of fused-ring (bicyclic) bond motifs is 3. The molecule has 2 aromatic carbocycles. The van der Waals surface area contributed by atoms with E-state index in [9.17, 15) is 4.79 Å². The third kappa shape index (κ3) is 1.53. The molecule has 0 fully saturated rings. The van der Waals surface area contributed by atoms with Gasteiger partial charge in [-0.25, -0.2) is 0 Å². The van der Waals surface area contributed by atoms with Crippen molar-refractivity contribution in [2.24, 2.45) is 5.92 Å². The van der Waals surface area contributed by atoms with Crippen LogP contribution in [-0.2, 0) is 0 Å². The van der Waals surface area contributed by atoms with E-state index in [0.29, 0.717) is 0 Å². The van der Waals surface area contributed by atoms with Crippen molar-refractivity contribution >= 4 is 27.6 Å². The molecule has 0 spiro atoms. The Kier molecular flexibility index (Phi) is 2.44. The summed E-state index contributed by atoms with van der Waals surface area (Å²) in [5, 5.41) is 2.29. The largest absolute Gasteiger partial charge is 0.354 e. The summed E-state index contributed by atoms with van der Waals surface area (Å²) in [7, 11) is 0. The number of aromatic nitrogens is 1. The predicted octanol–water partition coefficient (Wildman–Crippen LogP) is 4.16. The minimum atomic E-state index is 0.0158. The highest BCUT2D eigenvalue weighted by Gasteiger charge is 2.15. The number of carbonyl (C=O) groups excluding carboxylic acids is 1. The van der Waals surface area contributed by atoms with Gasteiger partial charge in [-0.2, -0.15) is 0 Å². The highest BCUT2D eigenvalue weighted by molar-refractivity contribution is 6.15. The van der Waals surface area contributed by atoms with Gasteiger partial charge >= 0.3 is 0 Å². The number of rotatable bonds is 2. The molecular formula is C16H15NO. The van der Waals surface area contributed by atoms with Crippen LogP contribution in [0.2, 0.25) is 0 Å². The molecule has 0 aliphatic heterocycles. The van der Waals surface area contributed by atoms with Gasteiger partial charge in [0.2, 0.25) is 0 Å². The van der Waals surface area contributed by atoms with E-state index in [0.717, 1.165) is 22.0 Å². The molecule has 0 atom stereocenters. The molecule has 90 valence electrons. The van der Waals surface area contributed by atoms with E-state index in [2.05, 4.69) is 17.1 Å². The van der Waals surface area contributed by atoms with Gasteiger partial charge in [-0.05, 0) is 12.1 Å². The molecule has 0 amide bonds. The number of H-pyrrole nitrogens is 1. The van der Waals surface area contributed by atoms with Crippen LogP contribution < -0.4 is 0 Å². The smallest absolute Gasteiger partial charge is 0.167 e. The van der Waals surface area contributed by atoms with Crippen LogP contribution in [0.15, 0.2) is 42.5 Å². The van der Waals surface area contributed by atoms with E-state index in [1.165, 1.54) is 5.39 Å². The number of para-hydroxylation sites is 2. The molecule has 2 heteroatoms. The summed E-state index contributed by atoms with van der Waals surface area (Å²) in [6.07, 6.45) is 0. The predicted molar refractivity (Wildman–Crippen MR) is 75.0 cm³/mol. The lowest BCUT2D eigenvalue weighted by molar-refractivity contribution is 0.0941. The van der Waals surface area contributed by atoms with Gasteiger partial charge in [0.05, 0.1) is 5.52 Å². The number of nitrogens with one attached hydrogen (secondary N) is 1. The van der Waals surface area contributed by atoms with Crippen molar-refractivity contribution in [3.63, 3.8) is 0 Å². The van der Waals surface area contributed by atoms with Crippen molar-refractivity contribution in [1.29, 1.82) is 0 Å². The van der Waals surface area contributed by atoms with E-state index in [-0.39, 0.29) is 11.7 Å². The fourth-order valence-corrected chi connectivity index (χ4v) is 2.39. The van der Waals surface area contributed by atoms with Crippen LogP contribution in [-0.4, -0.2) is 10.8 Å². The fraction of sp³-hybridized carbons (Fsp3) is 0.188. The Morgan fingerprint density at radius 3 is 2.50 bits per heavy atom. The van der Waals surface area contributed by atoms with Crippen LogP contribution in [0.25, 0.3) is 21.8 Å². The Hall–Kier alpha value is -2.09. The van der Waals surface area contributed by atoms with Crippen LogP contribution in [0.3, 0.4) is 0 Å². The lowest BCUT2D eigenvalue weighted by Gasteiger charge is -2.05. The summed E-state index contributed by atoms with van der Waals surface area (Å²) in [6, 6.07) is 14.1. The first-order valence-electron chi connectivity index (χ1n) is 6.22. The summed E-state index contributed by atoms with van der Waals surface area (Å²) < 4.78 is 0. The molecule has 1 heterocycles. The molecule has 0 saturated carbocycles. The van der Waals surface area contributed by atoms with Gasteiger partial charge in [-0.3, -0.25) is 4.79 Å². The first-order chi connectivity index (χ1) is 8.68. The van der Waals surface area contributed by atoms with Crippen LogP contribution >= 0.6 is 0 Å². The van der Waals surface area contributed by atoms with Gasteiger partial charge in [-0.15, -0.1) is 0 Å². The van der Waals surface area contributed by atoms with E-state index in [4.69, 9.17) is 0 Å². The molecule has 0 saturated heterocycles. The van der Waals surface area contributed by atoms with Crippen molar-refractivity contribution in [2.45, 2.75) is 13.8 Å². The first kappa shape index (κ1) is 11.0. The molecule has 3 aromatic rings. The molecule has 0 aliphatic rings. The van der Waals surface area contributed by atoms with Crippen LogP contribution in [0.4, 0.5) is 0 Å². The number of carbonyl (C=O) groups is 1. The van der Waals surface area contributed by atoms with E-state index in [1.807, 2.05) is 44.2 Å². The maximum absolute atomic E-state index is 12.2. The molecule has 0 radical (unpaired) electrons. The van der Waals surface area contributed by atoms with Gasteiger partial charge in [0, 0.05) is 27.8 Å². The zero-order valence-electron chi connectivity index (χ0n) is 10.5. The third-order valence-corrected chi connectivity index (χ3v) is 3.33. The average Bonchev–Trinajstić information content (AvgIpc) is 2.76. The normalized spacial score (nSPS) is 11.5. The summed E-state index contributed by atoms with van der Waals surface area (Å²) in [6.45, 7) is 3.87. The second kappa shape index (κ2) is 3.98. The molecule has 18 heavy (non-hydrogen) atoms. The zero-order chi connectivity index (χ0) is 12.7. The van der Waals surface area contributed by atoms with Gasteiger partial charge in [0.25, 0.3) is 0 Å². The van der Waals surface area contributed by atoms with Gasteiger partial charge in [0.1, 0.15) is 0 Å². The second-order valence-electron chi connectivity index (χ2n) is 4.92. The minimum Gasteiger partial charge on any atom is -0.354 e. The number of Topliss-reactive ketones (excluding diaryl/α,β-unsaturated/α-hetero) is 1. The van der Waals surface area contributed by atoms with E-state index in [1.54, 1.807) is 0 Å². The zero-order valence-corrected chi connectivity index (χ0v) is 10.5. The molecule has 3 rings (SSSR count). The SMILES string of the molecule is CC(C)C(=O)c1cccc2c1[nH]c1ccccc12. The summed E-state index contributed by atoms with van der Waals surface area (Å²) in [4.78, 5) is 15.6. The van der Waals surface area contributed by atoms with Gasteiger partial charge < -0.3 is 4.98 Å². The van der Waals surface area contributed by atoms with E-state index >= 15 is 0 Å². The summed E-state index contributed by atoms with van der Waals surface area (Å²) >= 11 is 0. The molecule has 1 N–H and O–H groups in total. The van der Waals surface area contributed by atoms with Crippen molar-refractivity contribution in [1.82, 2.24) is 4.98 Å². The molecule has 1 aromatic heterocycles. The number of benzene rings is 2. The topological polar surface area (TPSA) is 32.9 Å². The average molecular weight is 237 g/mol. The number of ketones is 1. The van der Waals surface area contributed by atoms with Crippen molar-refractivity contribution in [2.75, 3.05) is 0 Å². The molecule has 0 bridgehead atoms. The lowest BCUT2D eigenvalue weighted by Crippen LogP contribution is -2.07. The highest BCUT2D eigenvalue weighted by atomic mass is 16.1. The Labute approximate surface area is 106 Å². The van der Waals surface area contributed by atoms with E-state index < -0.39 is 0 Å². The van der Waals surface area contributed by atoms with Crippen LogP contribution in [0.1, 0.15) is 24.2 Å². The summed E-state index contributed by atoms with van der Waals surface area (Å²) in [5.74, 6) is 0.203. The molecular weight excluding hydrogens is 222 g/mol. The number of hydrogen-bond donors (Lipinski definition) is 1. The third-order valence-electron chi connectivity index (χ3n) is 3.33. The first-order valence-corrected chi connectivity index (χ1v) is 6.22. The fourth-order valence-electron chi connectivity index (χ4n) is 2.39. The van der Waals surface area contributed by atoms with Gasteiger partial charge in [0.15, 0.2) is 5.78 Å². The number of aromatic amines is 1. The van der Waals surface area contributed by atoms with Crippen LogP contribution in [0.5, 0.6) is 0 Å².